The number of ether oxygens (including phenoxy) is 2. The molecule has 3 nitrogen and oxygen atoms in total. The number of halogens is 2. The maximum atomic E-state index is 6.08. The molecule has 0 aromatic heterocycles. The Bertz CT molecular complexity index is 931. The highest BCUT2D eigenvalue weighted by atomic mass is 35.5. The van der Waals surface area contributed by atoms with E-state index >= 15 is 0 Å². The summed E-state index contributed by atoms with van der Waals surface area (Å²) < 4.78 is 11.8. The smallest absolute Gasteiger partial charge is 0.161 e. The molecule has 3 aromatic rings. The molecule has 0 spiro atoms. The van der Waals surface area contributed by atoms with Crippen LogP contribution in [-0.4, -0.2) is 6.61 Å². The van der Waals surface area contributed by atoms with E-state index in [0.717, 1.165) is 23.4 Å². The van der Waals surface area contributed by atoms with Crippen LogP contribution in [0.1, 0.15) is 36.6 Å². The fraction of sp³-hybridized carbons (Fsp3) is 0.250. The van der Waals surface area contributed by atoms with Crippen LogP contribution in [0.2, 0.25) is 10.0 Å². The van der Waals surface area contributed by atoms with Crippen LogP contribution in [0.15, 0.2) is 66.7 Å². The molecule has 29 heavy (non-hydrogen) atoms. The van der Waals surface area contributed by atoms with Crippen LogP contribution in [0, 0.1) is 0 Å². The minimum Gasteiger partial charge on any atom is -0.490 e. The molecule has 152 valence electrons. The van der Waals surface area contributed by atoms with Crippen molar-refractivity contribution in [2.75, 3.05) is 6.61 Å². The van der Waals surface area contributed by atoms with Crippen molar-refractivity contribution >= 4 is 23.2 Å². The molecule has 0 bridgehead atoms. The molecule has 0 saturated carbocycles. The molecule has 3 aromatic carbocycles. The predicted octanol–water partition coefficient (Wildman–Crippen LogP) is 6.82. The van der Waals surface area contributed by atoms with E-state index in [1.54, 1.807) is 6.07 Å². The fourth-order valence-electron chi connectivity index (χ4n) is 2.97. The number of benzene rings is 3. The lowest BCUT2D eigenvalue weighted by molar-refractivity contribution is 0.269. The molecule has 1 atom stereocenters. The molecule has 0 saturated heterocycles. The van der Waals surface area contributed by atoms with Crippen molar-refractivity contribution < 1.29 is 9.47 Å². The Hall–Kier alpha value is -2.20. The molecule has 1 N–H and O–H groups in total. The van der Waals surface area contributed by atoms with Gasteiger partial charge >= 0.3 is 0 Å². The van der Waals surface area contributed by atoms with Gasteiger partial charge in [0.1, 0.15) is 6.61 Å². The monoisotopic (exact) mass is 429 g/mol. The maximum Gasteiger partial charge on any atom is 0.161 e. The molecular formula is C24H25Cl2NO2. The molecule has 0 unspecified atom stereocenters. The molecule has 0 amide bonds. The zero-order valence-corrected chi connectivity index (χ0v) is 18.1. The number of rotatable bonds is 9. The van der Waals surface area contributed by atoms with Crippen molar-refractivity contribution in [3.05, 3.63) is 93.5 Å². The Morgan fingerprint density at radius 1 is 0.828 bits per heavy atom. The zero-order chi connectivity index (χ0) is 20.6. The van der Waals surface area contributed by atoms with Crippen LogP contribution in [0.4, 0.5) is 0 Å². The first-order valence-corrected chi connectivity index (χ1v) is 10.4. The summed E-state index contributed by atoms with van der Waals surface area (Å²) in [5, 5.41) is 4.60. The van der Waals surface area contributed by atoms with E-state index < -0.39 is 0 Å². The highest BCUT2D eigenvalue weighted by molar-refractivity contribution is 6.42. The van der Waals surface area contributed by atoms with Crippen molar-refractivity contribution in [3.8, 4) is 11.5 Å². The number of nitrogens with one attached hydrogen (secondary N) is 1. The van der Waals surface area contributed by atoms with Crippen LogP contribution < -0.4 is 14.8 Å². The van der Waals surface area contributed by atoms with E-state index in [2.05, 4.69) is 42.6 Å². The minimum absolute atomic E-state index is 0.261. The standard InChI is InChI=1S/C24H25Cl2NO2/c1-3-28-24-14-18(15-27-17(2)20-7-5-4-6-8-20)10-12-23(24)29-16-19-9-11-21(25)22(26)13-19/h4-14,17,27H,3,15-16H2,1-2H3/t17-/m0/s1. The molecule has 0 aliphatic heterocycles. The van der Waals surface area contributed by atoms with Crippen LogP contribution in [-0.2, 0) is 13.2 Å². The summed E-state index contributed by atoms with van der Waals surface area (Å²) in [4.78, 5) is 0. The summed E-state index contributed by atoms with van der Waals surface area (Å²) in [6.45, 7) is 5.82. The Balaban J connectivity index is 1.65. The van der Waals surface area contributed by atoms with Gasteiger partial charge < -0.3 is 14.8 Å². The highest BCUT2D eigenvalue weighted by Crippen LogP contribution is 2.30. The lowest BCUT2D eigenvalue weighted by Crippen LogP contribution is -2.18. The van der Waals surface area contributed by atoms with Gasteiger partial charge in [-0.15, -0.1) is 0 Å². The van der Waals surface area contributed by atoms with Gasteiger partial charge in [0.25, 0.3) is 0 Å². The normalized spacial score (nSPS) is 11.9. The quantitative estimate of drug-likeness (QED) is 0.404. The van der Waals surface area contributed by atoms with Gasteiger partial charge in [-0.25, -0.2) is 0 Å². The van der Waals surface area contributed by atoms with Crippen molar-refractivity contribution in [1.29, 1.82) is 0 Å². The lowest BCUT2D eigenvalue weighted by Gasteiger charge is -2.16. The van der Waals surface area contributed by atoms with Crippen molar-refractivity contribution in [1.82, 2.24) is 5.32 Å². The lowest BCUT2D eigenvalue weighted by atomic mass is 10.1. The Labute approximate surface area is 182 Å². The van der Waals surface area contributed by atoms with Gasteiger partial charge in [0, 0.05) is 12.6 Å². The Morgan fingerprint density at radius 2 is 1.59 bits per heavy atom. The molecule has 0 heterocycles. The van der Waals surface area contributed by atoms with Crippen LogP contribution in [0.5, 0.6) is 11.5 Å². The molecule has 0 aliphatic carbocycles. The first-order chi connectivity index (χ1) is 14.1. The van der Waals surface area contributed by atoms with Crippen molar-refractivity contribution in [3.63, 3.8) is 0 Å². The zero-order valence-electron chi connectivity index (χ0n) is 16.6. The average Bonchev–Trinajstić information content (AvgIpc) is 2.74. The Kier molecular flexibility index (Phi) is 7.82. The van der Waals surface area contributed by atoms with Gasteiger partial charge in [-0.1, -0.05) is 65.7 Å². The second kappa shape index (κ2) is 10.5. The summed E-state index contributed by atoms with van der Waals surface area (Å²) in [7, 11) is 0. The van der Waals surface area contributed by atoms with Gasteiger partial charge in [-0.3, -0.25) is 0 Å². The maximum absolute atomic E-state index is 6.08. The third-order valence-electron chi connectivity index (χ3n) is 4.60. The van der Waals surface area contributed by atoms with Crippen LogP contribution in [0.3, 0.4) is 0 Å². The molecule has 0 radical (unpaired) electrons. The van der Waals surface area contributed by atoms with Crippen LogP contribution in [0.25, 0.3) is 0 Å². The summed E-state index contributed by atoms with van der Waals surface area (Å²) in [5.74, 6) is 1.44. The first kappa shape index (κ1) is 21.5. The second-order valence-electron chi connectivity index (χ2n) is 6.76. The minimum atomic E-state index is 0.261. The topological polar surface area (TPSA) is 30.5 Å². The molecule has 0 fully saturated rings. The fourth-order valence-corrected chi connectivity index (χ4v) is 3.29. The summed E-state index contributed by atoms with van der Waals surface area (Å²) in [5.41, 5.74) is 3.35. The second-order valence-corrected chi connectivity index (χ2v) is 7.58. The average molecular weight is 430 g/mol. The molecule has 0 aliphatic rings. The van der Waals surface area contributed by atoms with E-state index in [9.17, 15) is 0 Å². The van der Waals surface area contributed by atoms with Gasteiger partial charge in [0.15, 0.2) is 11.5 Å². The van der Waals surface area contributed by atoms with Crippen molar-refractivity contribution in [2.24, 2.45) is 0 Å². The Morgan fingerprint density at radius 3 is 2.31 bits per heavy atom. The largest absolute Gasteiger partial charge is 0.490 e. The molecule has 5 heteroatoms. The number of hydrogen-bond acceptors (Lipinski definition) is 3. The van der Waals surface area contributed by atoms with E-state index in [1.807, 2.05) is 37.3 Å². The third kappa shape index (κ3) is 6.14. The van der Waals surface area contributed by atoms with Gasteiger partial charge in [-0.05, 0) is 54.8 Å². The van der Waals surface area contributed by atoms with Gasteiger partial charge in [0.2, 0.25) is 0 Å². The third-order valence-corrected chi connectivity index (χ3v) is 5.34. The number of hydrogen-bond donors (Lipinski definition) is 1. The van der Waals surface area contributed by atoms with Gasteiger partial charge in [0.05, 0.1) is 16.7 Å². The molecule has 3 rings (SSSR count). The van der Waals surface area contributed by atoms with E-state index in [1.165, 1.54) is 5.56 Å². The molecular weight excluding hydrogens is 405 g/mol. The highest BCUT2D eigenvalue weighted by Gasteiger charge is 2.10. The van der Waals surface area contributed by atoms with Crippen molar-refractivity contribution in [2.45, 2.75) is 33.0 Å². The van der Waals surface area contributed by atoms with Gasteiger partial charge in [-0.2, -0.15) is 0 Å². The van der Waals surface area contributed by atoms with E-state index in [4.69, 9.17) is 32.7 Å². The predicted molar refractivity (Wildman–Crippen MR) is 120 cm³/mol. The summed E-state index contributed by atoms with van der Waals surface area (Å²) >= 11 is 12.1. The van der Waals surface area contributed by atoms with E-state index in [-0.39, 0.29) is 6.04 Å². The SMILES string of the molecule is CCOc1cc(CN[C@@H](C)c2ccccc2)ccc1OCc1ccc(Cl)c(Cl)c1. The van der Waals surface area contributed by atoms with Crippen LogP contribution >= 0.6 is 23.2 Å². The summed E-state index contributed by atoms with van der Waals surface area (Å²) in [6, 6.07) is 22.2. The van der Waals surface area contributed by atoms with E-state index in [0.29, 0.717) is 29.0 Å². The first-order valence-electron chi connectivity index (χ1n) is 9.67. The summed E-state index contributed by atoms with van der Waals surface area (Å²) in [6.07, 6.45) is 0.